The molecule has 2 aliphatic rings. The molecule has 0 aromatic carbocycles. The molecule has 2 fully saturated rings. The van der Waals surface area contributed by atoms with Gasteiger partial charge in [-0.05, 0) is 25.0 Å². The second-order valence-electron chi connectivity index (χ2n) is 4.05. The smallest absolute Gasteiger partial charge is 0.0168 e. The van der Waals surface area contributed by atoms with Gasteiger partial charge in [-0.1, -0.05) is 32.1 Å². The van der Waals surface area contributed by atoms with Gasteiger partial charge in [-0.25, -0.2) is 0 Å². The molecule has 64 valence electrons. The molecule has 0 bridgehead atoms. The summed E-state index contributed by atoms with van der Waals surface area (Å²) in [6.45, 7) is 0. The largest absolute Gasteiger partial charge is 0.155 e. The van der Waals surface area contributed by atoms with E-state index in [1.165, 1.54) is 57.1 Å². The van der Waals surface area contributed by atoms with E-state index >= 15 is 0 Å². The van der Waals surface area contributed by atoms with E-state index in [1.54, 1.807) is 0 Å². The minimum atomic E-state index is 0.792. The van der Waals surface area contributed by atoms with Crippen molar-refractivity contribution in [3.63, 3.8) is 0 Å². The summed E-state index contributed by atoms with van der Waals surface area (Å²) in [4.78, 5) is 0. The summed E-state index contributed by atoms with van der Waals surface area (Å²) in [5.74, 6) is 1.44. The molecule has 2 rings (SSSR count). The second kappa shape index (κ2) is 3.38. The van der Waals surface area contributed by atoms with Crippen molar-refractivity contribution in [1.82, 2.24) is 0 Å². The Morgan fingerprint density at radius 3 is 1.73 bits per heavy atom. The molecular weight excluding hydrogens is 152 g/mol. The third-order valence-electron chi connectivity index (χ3n) is 3.23. The molecule has 11 heavy (non-hydrogen) atoms. The quantitative estimate of drug-likeness (QED) is 0.535. The topological polar surface area (TPSA) is 0 Å². The van der Waals surface area contributed by atoms with Gasteiger partial charge in [0.2, 0.25) is 0 Å². The Bertz CT molecular complexity index is 117. The van der Waals surface area contributed by atoms with Gasteiger partial charge in [0.05, 0.1) is 0 Å². The summed E-state index contributed by atoms with van der Waals surface area (Å²) < 4.78 is 0.792. The van der Waals surface area contributed by atoms with Crippen LogP contribution >= 0.6 is 11.8 Å². The minimum absolute atomic E-state index is 0.792. The summed E-state index contributed by atoms with van der Waals surface area (Å²) in [5.41, 5.74) is 0. The summed E-state index contributed by atoms with van der Waals surface area (Å²) in [6, 6.07) is 0. The molecule has 0 nitrogen and oxygen atoms in total. The van der Waals surface area contributed by atoms with E-state index in [0.29, 0.717) is 0 Å². The first kappa shape index (κ1) is 7.97. The highest BCUT2D eigenvalue weighted by molar-refractivity contribution is 8.02. The summed E-state index contributed by atoms with van der Waals surface area (Å²) in [6.07, 6.45) is 12.1. The zero-order valence-electron chi connectivity index (χ0n) is 7.27. The Labute approximate surface area is 74.1 Å². The third kappa shape index (κ3) is 1.74. The Hall–Kier alpha value is 0.350. The molecular formula is C10H18S. The van der Waals surface area contributed by atoms with Gasteiger partial charge in [0.15, 0.2) is 0 Å². The number of thioether (sulfide) groups is 1. The maximum atomic E-state index is 2.25. The van der Waals surface area contributed by atoms with Gasteiger partial charge in [-0.2, -0.15) is 11.8 Å². The highest BCUT2D eigenvalue weighted by atomic mass is 32.2. The van der Waals surface area contributed by atoms with Crippen LogP contribution in [0.25, 0.3) is 0 Å². The van der Waals surface area contributed by atoms with Gasteiger partial charge < -0.3 is 0 Å². The Balaban J connectivity index is 1.86. The number of hydrogen-bond acceptors (Lipinski definition) is 1. The first-order valence-corrected chi connectivity index (χ1v) is 6.04. The van der Waals surface area contributed by atoms with E-state index in [2.05, 4.69) is 11.8 Å². The predicted octanol–water partition coefficient (Wildman–Crippen LogP) is 3.61. The molecule has 0 atom stereocenters. The lowest BCUT2D eigenvalue weighted by atomic mass is 9.88. The van der Waals surface area contributed by atoms with E-state index in [0.717, 1.165) is 4.75 Å². The van der Waals surface area contributed by atoms with Gasteiger partial charge in [0.25, 0.3) is 0 Å². The van der Waals surface area contributed by atoms with Crippen molar-refractivity contribution in [2.45, 2.75) is 56.1 Å². The van der Waals surface area contributed by atoms with E-state index in [-0.39, 0.29) is 0 Å². The average molecular weight is 170 g/mol. The Kier molecular flexibility index (Phi) is 2.45. The van der Waals surface area contributed by atoms with Crippen LogP contribution in [-0.4, -0.2) is 10.5 Å². The summed E-state index contributed by atoms with van der Waals surface area (Å²) in [7, 11) is 0. The fourth-order valence-electron chi connectivity index (χ4n) is 2.33. The molecule has 1 heterocycles. The maximum absolute atomic E-state index is 2.25. The minimum Gasteiger partial charge on any atom is -0.155 e. The van der Waals surface area contributed by atoms with Crippen LogP contribution < -0.4 is 0 Å². The molecule has 1 spiro atoms. The predicted molar refractivity (Wildman–Crippen MR) is 52.1 cm³/mol. The Morgan fingerprint density at radius 1 is 0.727 bits per heavy atom. The number of rotatable bonds is 0. The van der Waals surface area contributed by atoms with Crippen molar-refractivity contribution in [2.24, 2.45) is 0 Å². The van der Waals surface area contributed by atoms with Crippen LogP contribution in [0.2, 0.25) is 0 Å². The van der Waals surface area contributed by atoms with Crippen molar-refractivity contribution < 1.29 is 0 Å². The molecule has 0 aromatic heterocycles. The first-order valence-electron chi connectivity index (χ1n) is 5.05. The Morgan fingerprint density at radius 2 is 1.27 bits per heavy atom. The van der Waals surface area contributed by atoms with E-state index < -0.39 is 0 Å². The SMILES string of the molecule is C1CCCC2(CCC1)CCS2. The zero-order chi connectivity index (χ0) is 7.57. The van der Waals surface area contributed by atoms with Gasteiger partial charge in [0.1, 0.15) is 0 Å². The fourth-order valence-corrected chi connectivity index (χ4v) is 3.69. The molecule has 0 aromatic rings. The van der Waals surface area contributed by atoms with Crippen LogP contribution in [-0.2, 0) is 0 Å². The number of hydrogen-bond donors (Lipinski definition) is 0. The highest BCUT2D eigenvalue weighted by Crippen LogP contribution is 2.48. The highest BCUT2D eigenvalue weighted by Gasteiger charge is 2.36. The molecule has 0 radical (unpaired) electrons. The molecule has 1 saturated heterocycles. The van der Waals surface area contributed by atoms with Crippen molar-refractivity contribution in [3.05, 3.63) is 0 Å². The lowest BCUT2D eigenvalue weighted by Crippen LogP contribution is -2.34. The van der Waals surface area contributed by atoms with Crippen LogP contribution in [0.3, 0.4) is 0 Å². The lowest BCUT2D eigenvalue weighted by molar-refractivity contribution is 0.390. The van der Waals surface area contributed by atoms with Gasteiger partial charge >= 0.3 is 0 Å². The van der Waals surface area contributed by atoms with Crippen LogP contribution in [0.15, 0.2) is 0 Å². The first-order chi connectivity index (χ1) is 5.41. The van der Waals surface area contributed by atoms with Crippen LogP contribution in [0.1, 0.15) is 51.4 Å². The monoisotopic (exact) mass is 170 g/mol. The zero-order valence-corrected chi connectivity index (χ0v) is 8.09. The van der Waals surface area contributed by atoms with Crippen molar-refractivity contribution in [3.8, 4) is 0 Å². The van der Waals surface area contributed by atoms with E-state index in [4.69, 9.17) is 0 Å². The van der Waals surface area contributed by atoms with E-state index in [1.807, 2.05) is 0 Å². The van der Waals surface area contributed by atoms with Gasteiger partial charge in [0, 0.05) is 4.75 Å². The van der Waals surface area contributed by atoms with Crippen molar-refractivity contribution in [1.29, 1.82) is 0 Å². The second-order valence-corrected chi connectivity index (χ2v) is 5.61. The van der Waals surface area contributed by atoms with Crippen LogP contribution in [0.4, 0.5) is 0 Å². The van der Waals surface area contributed by atoms with Gasteiger partial charge in [-0.3, -0.25) is 0 Å². The third-order valence-corrected chi connectivity index (χ3v) is 4.86. The summed E-state index contributed by atoms with van der Waals surface area (Å²) in [5, 5.41) is 0. The lowest BCUT2D eigenvalue weighted by Gasteiger charge is -2.42. The normalized spacial score (nSPS) is 30.5. The molecule has 0 N–H and O–H groups in total. The average Bonchev–Trinajstić information content (AvgIpc) is 1.82. The maximum Gasteiger partial charge on any atom is 0.0168 e. The van der Waals surface area contributed by atoms with Crippen LogP contribution in [0, 0.1) is 0 Å². The van der Waals surface area contributed by atoms with Crippen molar-refractivity contribution in [2.75, 3.05) is 5.75 Å². The fraction of sp³-hybridized carbons (Fsp3) is 1.00. The molecule has 0 unspecified atom stereocenters. The molecule has 1 heteroatoms. The van der Waals surface area contributed by atoms with Crippen LogP contribution in [0.5, 0.6) is 0 Å². The molecule has 1 aliphatic heterocycles. The molecule has 0 amide bonds. The van der Waals surface area contributed by atoms with Crippen molar-refractivity contribution >= 4 is 11.8 Å². The molecule has 1 aliphatic carbocycles. The van der Waals surface area contributed by atoms with Gasteiger partial charge in [-0.15, -0.1) is 0 Å². The van der Waals surface area contributed by atoms with E-state index in [9.17, 15) is 0 Å². The molecule has 1 saturated carbocycles. The standard InChI is InChI=1S/C10H18S/c1-2-4-6-10(7-5-3-1)8-9-11-10/h1-9H2. The summed E-state index contributed by atoms with van der Waals surface area (Å²) >= 11 is 2.25.